The van der Waals surface area contributed by atoms with Crippen LogP contribution in [0.3, 0.4) is 0 Å². The van der Waals surface area contributed by atoms with Gasteiger partial charge in [0.15, 0.2) is 0 Å². The second-order valence-corrected chi connectivity index (χ2v) is 4.65. The van der Waals surface area contributed by atoms with Crippen molar-refractivity contribution in [3.63, 3.8) is 0 Å². The molecular formula is C11H16N4O. The standard InChI is InChI=1S/C11H16N4O/c1-15(7-2-3-7)11(16)9-4-8-10(5-12-9)14-6-13-8/h6-7,9,12H,2-5H2,1H3,(H,13,14). The summed E-state index contributed by atoms with van der Waals surface area (Å²) in [5.41, 5.74) is 2.14. The van der Waals surface area contributed by atoms with E-state index in [-0.39, 0.29) is 11.9 Å². The van der Waals surface area contributed by atoms with Crippen molar-refractivity contribution in [1.29, 1.82) is 0 Å². The lowest BCUT2D eigenvalue weighted by Crippen LogP contribution is -2.48. The smallest absolute Gasteiger partial charge is 0.240 e. The summed E-state index contributed by atoms with van der Waals surface area (Å²) in [5, 5.41) is 3.26. The van der Waals surface area contributed by atoms with Crippen LogP contribution < -0.4 is 5.32 Å². The number of imidazole rings is 1. The lowest BCUT2D eigenvalue weighted by molar-refractivity contribution is -0.132. The maximum Gasteiger partial charge on any atom is 0.240 e. The van der Waals surface area contributed by atoms with Gasteiger partial charge in [-0.2, -0.15) is 0 Å². The lowest BCUT2D eigenvalue weighted by Gasteiger charge is -2.27. The predicted octanol–water partition coefficient (Wildman–Crippen LogP) is 0.0448. The average molecular weight is 220 g/mol. The number of amides is 1. The minimum Gasteiger partial charge on any atom is -0.347 e. The highest BCUT2D eigenvalue weighted by Crippen LogP contribution is 2.26. The zero-order chi connectivity index (χ0) is 11.1. The summed E-state index contributed by atoms with van der Waals surface area (Å²) in [6.07, 6.45) is 4.71. The van der Waals surface area contributed by atoms with Crippen LogP contribution in [-0.4, -0.2) is 39.9 Å². The number of likely N-dealkylation sites (N-methyl/N-ethyl adjacent to an activating group) is 1. The quantitative estimate of drug-likeness (QED) is 0.740. The van der Waals surface area contributed by atoms with Gasteiger partial charge >= 0.3 is 0 Å². The number of nitrogens with zero attached hydrogens (tertiary/aromatic N) is 2. The van der Waals surface area contributed by atoms with E-state index >= 15 is 0 Å². The number of carbonyl (C=O) groups excluding carboxylic acids is 1. The van der Waals surface area contributed by atoms with E-state index in [1.807, 2.05) is 11.9 Å². The molecule has 2 heterocycles. The Hall–Kier alpha value is -1.36. The average Bonchev–Trinajstić information content (AvgIpc) is 3.05. The van der Waals surface area contributed by atoms with E-state index in [1.165, 1.54) is 0 Å². The summed E-state index contributed by atoms with van der Waals surface area (Å²) in [5.74, 6) is 0.205. The van der Waals surface area contributed by atoms with Crippen LogP contribution in [-0.2, 0) is 17.8 Å². The molecule has 0 aromatic carbocycles. The highest BCUT2D eigenvalue weighted by atomic mass is 16.2. The molecule has 1 atom stereocenters. The van der Waals surface area contributed by atoms with Gasteiger partial charge in [-0.3, -0.25) is 10.1 Å². The third-order valence-corrected chi connectivity index (χ3v) is 3.47. The fraction of sp³-hybridized carbons (Fsp3) is 0.636. The monoisotopic (exact) mass is 220 g/mol. The molecule has 1 aromatic rings. The van der Waals surface area contributed by atoms with Crippen molar-refractivity contribution in [3.8, 4) is 0 Å². The van der Waals surface area contributed by atoms with E-state index < -0.39 is 0 Å². The van der Waals surface area contributed by atoms with Crippen LogP contribution in [0.1, 0.15) is 24.2 Å². The lowest BCUT2D eigenvalue weighted by atomic mass is 10.0. The first-order valence-electron chi connectivity index (χ1n) is 5.77. The van der Waals surface area contributed by atoms with E-state index in [2.05, 4.69) is 15.3 Å². The zero-order valence-corrected chi connectivity index (χ0v) is 9.36. The molecular weight excluding hydrogens is 204 g/mol. The van der Waals surface area contributed by atoms with Gasteiger partial charge in [-0.1, -0.05) is 0 Å². The topological polar surface area (TPSA) is 61.0 Å². The highest BCUT2D eigenvalue weighted by molar-refractivity contribution is 5.82. The number of aromatic amines is 1. The van der Waals surface area contributed by atoms with E-state index in [0.29, 0.717) is 19.0 Å². The maximum atomic E-state index is 12.1. The fourth-order valence-electron chi connectivity index (χ4n) is 2.23. The molecule has 1 aliphatic carbocycles. The third-order valence-electron chi connectivity index (χ3n) is 3.47. The number of H-pyrrole nitrogens is 1. The summed E-state index contributed by atoms with van der Waals surface area (Å²) in [4.78, 5) is 21.3. The van der Waals surface area contributed by atoms with Crippen molar-refractivity contribution in [2.24, 2.45) is 0 Å². The molecule has 2 aliphatic rings. The molecule has 5 heteroatoms. The van der Waals surface area contributed by atoms with E-state index in [9.17, 15) is 4.79 Å². The molecule has 1 fully saturated rings. The highest BCUT2D eigenvalue weighted by Gasteiger charge is 2.34. The van der Waals surface area contributed by atoms with Crippen molar-refractivity contribution in [1.82, 2.24) is 20.2 Å². The maximum absolute atomic E-state index is 12.1. The molecule has 0 radical (unpaired) electrons. The molecule has 1 saturated carbocycles. The largest absolute Gasteiger partial charge is 0.347 e. The first-order valence-corrected chi connectivity index (χ1v) is 5.77. The Morgan fingerprint density at radius 2 is 2.38 bits per heavy atom. The van der Waals surface area contributed by atoms with Crippen LogP contribution in [0.25, 0.3) is 0 Å². The van der Waals surface area contributed by atoms with Crippen molar-refractivity contribution in [2.75, 3.05) is 7.05 Å². The molecule has 1 amide bonds. The van der Waals surface area contributed by atoms with Crippen molar-refractivity contribution in [3.05, 3.63) is 17.7 Å². The fourth-order valence-corrected chi connectivity index (χ4v) is 2.23. The van der Waals surface area contributed by atoms with Crippen LogP contribution in [0, 0.1) is 0 Å². The van der Waals surface area contributed by atoms with Crippen LogP contribution in [0.5, 0.6) is 0 Å². The van der Waals surface area contributed by atoms with Gasteiger partial charge in [0.05, 0.1) is 23.8 Å². The van der Waals surface area contributed by atoms with E-state index in [1.54, 1.807) is 6.33 Å². The van der Waals surface area contributed by atoms with Crippen molar-refractivity contribution in [2.45, 2.75) is 37.9 Å². The molecule has 0 spiro atoms. The van der Waals surface area contributed by atoms with Crippen molar-refractivity contribution >= 4 is 5.91 Å². The van der Waals surface area contributed by atoms with Gasteiger partial charge in [0.25, 0.3) is 0 Å². The van der Waals surface area contributed by atoms with E-state index in [0.717, 1.165) is 24.2 Å². The molecule has 1 aromatic heterocycles. The molecule has 86 valence electrons. The second kappa shape index (κ2) is 3.59. The van der Waals surface area contributed by atoms with Gasteiger partial charge in [-0.05, 0) is 12.8 Å². The Kier molecular flexibility index (Phi) is 2.21. The summed E-state index contributed by atoms with van der Waals surface area (Å²) >= 11 is 0. The Labute approximate surface area is 94.2 Å². The Morgan fingerprint density at radius 3 is 3.12 bits per heavy atom. The number of fused-ring (bicyclic) bond motifs is 1. The summed E-state index contributed by atoms with van der Waals surface area (Å²) < 4.78 is 0. The number of rotatable bonds is 2. The molecule has 2 N–H and O–H groups in total. The molecule has 1 aliphatic heterocycles. The molecule has 5 nitrogen and oxygen atoms in total. The normalized spacial score (nSPS) is 23.9. The first kappa shape index (κ1) is 9.84. The van der Waals surface area contributed by atoms with Gasteiger partial charge in [0.1, 0.15) is 0 Å². The molecule has 16 heavy (non-hydrogen) atoms. The summed E-state index contributed by atoms with van der Waals surface area (Å²) in [7, 11) is 1.90. The number of hydrogen-bond acceptors (Lipinski definition) is 3. The van der Waals surface area contributed by atoms with Gasteiger partial charge in [0, 0.05) is 26.1 Å². The Bertz CT molecular complexity index is 410. The predicted molar refractivity (Wildman–Crippen MR) is 58.7 cm³/mol. The van der Waals surface area contributed by atoms with E-state index in [4.69, 9.17) is 0 Å². The van der Waals surface area contributed by atoms with Gasteiger partial charge < -0.3 is 9.88 Å². The van der Waals surface area contributed by atoms with Crippen LogP contribution in [0.15, 0.2) is 6.33 Å². The second-order valence-electron chi connectivity index (χ2n) is 4.65. The van der Waals surface area contributed by atoms with Crippen LogP contribution in [0.2, 0.25) is 0 Å². The zero-order valence-electron chi connectivity index (χ0n) is 9.36. The SMILES string of the molecule is CN(C(=O)C1Cc2nc[nH]c2CN1)C1CC1. The summed E-state index contributed by atoms with van der Waals surface area (Å²) in [6, 6.07) is 0.385. The Balaban J connectivity index is 1.70. The van der Waals surface area contributed by atoms with Crippen LogP contribution >= 0.6 is 0 Å². The third kappa shape index (κ3) is 1.61. The minimum atomic E-state index is -0.0959. The van der Waals surface area contributed by atoms with Gasteiger partial charge in [-0.25, -0.2) is 4.98 Å². The Morgan fingerprint density at radius 1 is 1.56 bits per heavy atom. The van der Waals surface area contributed by atoms with Gasteiger partial charge in [-0.15, -0.1) is 0 Å². The number of aromatic nitrogens is 2. The number of carbonyl (C=O) groups is 1. The summed E-state index contributed by atoms with van der Waals surface area (Å²) in [6.45, 7) is 0.713. The molecule has 1 unspecified atom stereocenters. The van der Waals surface area contributed by atoms with Crippen LogP contribution in [0.4, 0.5) is 0 Å². The molecule has 3 rings (SSSR count). The first-order chi connectivity index (χ1) is 7.75. The molecule has 0 bridgehead atoms. The minimum absolute atomic E-state index is 0.0959. The van der Waals surface area contributed by atoms with Crippen molar-refractivity contribution < 1.29 is 4.79 Å². The molecule has 0 saturated heterocycles. The number of hydrogen-bond donors (Lipinski definition) is 2. The number of nitrogens with one attached hydrogen (secondary N) is 2. The van der Waals surface area contributed by atoms with Gasteiger partial charge in [0.2, 0.25) is 5.91 Å².